The molecule has 0 heterocycles. The second-order valence-electron chi connectivity index (χ2n) is 8.44. The number of hydrogen-bond donors (Lipinski definition) is 3. The molecule has 0 bridgehead atoms. The number of carbonyl (C=O) groups is 1. The van der Waals surface area contributed by atoms with Crippen LogP contribution in [0.1, 0.15) is 54.8 Å². The van der Waals surface area contributed by atoms with Crippen LogP contribution in [-0.2, 0) is 6.54 Å². The summed E-state index contributed by atoms with van der Waals surface area (Å²) in [6, 6.07) is 26.1. The Morgan fingerprint density at radius 2 is 1.64 bits per heavy atom. The van der Waals surface area contributed by atoms with Gasteiger partial charge in [0, 0.05) is 19.7 Å². The third-order valence-electron chi connectivity index (χ3n) is 6.30. The van der Waals surface area contributed by atoms with Gasteiger partial charge < -0.3 is 20.8 Å². The Balaban J connectivity index is 1.72. The van der Waals surface area contributed by atoms with Crippen LogP contribution >= 0.6 is 0 Å². The highest BCUT2D eigenvalue weighted by Gasteiger charge is 2.23. The fraction of sp³-hybridized carbons (Fsp3) is 0.321. The summed E-state index contributed by atoms with van der Waals surface area (Å²) < 4.78 is 0. The number of amides is 1. The van der Waals surface area contributed by atoms with Crippen LogP contribution in [-0.4, -0.2) is 34.4 Å². The summed E-state index contributed by atoms with van der Waals surface area (Å²) in [5.74, 6) is 0.213. The largest absolute Gasteiger partial charge is 0.465 e. The summed E-state index contributed by atoms with van der Waals surface area (Å²) >= 11 is 0. The minimum absolute atomic E-state index is 0.142. The van der Waals surface area contributed by atoms with Gasteiger partial charge in [-0.15, -0.1) is 0 Å². The number of aliphatic hydroxyl groups excluding tert-OH is 1. The molecule has 33 heavy (non-hydrogen) atoms. The van der Waals surface area contributed by atoms with E-state index in [1.165, 1.54) is 10.5 Å². The van der Waals surface area contributed by atoms with Crippen LogP contribution in [0.4, 0.5) is 4.79 Å². The van der Waals surface area contributed by atoms with Crippen molar-refractivity contribution in [2.75, 3.05) is 13.2 Å². The molecule has 0 spiro atoms. The van der Waals surface area contributed by atoms with Crippen molar-refractivity contribution in [2.24, 2.45) is 5.73 Å². The van der Waals surface area contributed by atoms with Gasteiger partial charge in [-0.3, -0.25) is 0 Å². The van der Waals surface area contributed by atoms with Crippen LogP contribution in [0.25, 0.3) is 11.1 Å². The lowest BCUT2D eigenvalue weighted by Gasteiger charge is -2.29. The zero-order chi connectivity index (χ0) is 23.6. The number of nitrogens with zero attached hydrogens (tertiary/aromatic N) is 1. The summed E-state index contributed by atoms with van der Waals surface area (Å²) in [4.78, 5) is 13.6. The predicted molar refractivity (Wildman–Crippen MR) is 133 cm³/mol. The quantitative estimate of drug-likeness (QED) is 0.347. The zero-order valence-electron chi connectivity index (χ0n) is 19.2. The normalized spacial score (nSPS) is 12.8. The molecule has 5 heteroatoms. The second kappa shape index (κ2) is 12.2. The van der Waals surface area contributed by atoms with Gasteiger partial charge in [0.1, 0.15) is 0 Å². The van der Waals surface area contributed by atoms with E-state index in [0.29, 0.717) is 25.9 Å². The van der Waals surface area contributed by atoms with E-state index in [-0.39, 0.29) is 18.6 Å². The Labute approximate surface area is 196 Å². The van der Waals surface area contributed by atoms with Crippen LogP contribution in [0.2, 0.25) is 0 Å². The molecule has 3 rings (SSSR count). The van der Waals surface area contributed by atoms with Gasteiger partial charge in [0.15, 0.2) is 0 Å². The van der Waals surface area contributed by atoms with Gasteiger partial charge in [0.2, 0.25) is 0 Å². The minimum Gasteiger partial charge on any atom is -0.465 e. The summed E-state index contributed by atoms with van der Waals surface area (Å²) in [5.41, 5.74) is 11.2. The van der Waals surface area contributed by atoms with Gasteiger partial charge in [-0.1, -0.05) is 72.8 Å². The van der Waals surface area contributed by atoms with Crippen molar-refractivity contribution in [1.82, 2.24) is 4.90 Å². The Morgan fingerprint density at radius 3 is 2.27 bits per heavy atom. The Morgan fingerprint density at radius 1 is 0.909 bits per heavy atom. The average Bonchev–Trinajstić information content (AvgIpc) is 2.86. The van der Waals surface area contributed by atoms with E-state index >= 15 is 0 Å². The summed E-state index contributed by atoms with van der Waals surface area (Å²) in [5, 5.41) is 19.2. The minimum atomic E-state index is -0.920. The molecule has 0 unspecified atom stereocenters. The molecule has 0 aliphatic rings. The molecule has 3 aromatic carbocycles. The maximum absolute atomic E-state index is 12.1. The molecule has 2 atom stereocenters. The lowest BCUT2D eigenvalue weighted by atomic mass is 9.91. The lowest BCUT2D eigenvalue weighted by molar-refractivity contribution is 0.125. The van der Waals surface area contributed by atoms with Crippen molar-refractivity contribution in [3.8, 4) is 11.1 Å². The number of rotatable bonds is 11. The number of hydrogen-bond acceptors (Lipinski definition) is 3. The summed E-state index contributed by atoms with van der Waals surface area (Å²) in [7, 11) is 0. The molecular weight excluding hydrogens is 412 g/mol. The highest BCUT2D eigenvalue weighted by Crippen LogP contribution is 2.29. The van der Waals surface area contributed by atoms with E-state index in [0.717, 1.165) is 28.7 Å². The molecule has 4 N–H and O–H groups in total. The van der Waals surface area contributed by atoms with E-state index in [4.69, 9.17) is 5.73 Å². The fourth-order valence-corrected chi connectivity index (χ4v) is 4.30. The molecule has 1 amide bonds. The van der Waals surface area contributed by atoms with Crippen molar-refractivity contribution >= 4 is 6.09 Å². The van der Waals surface area contributed by atoms with Crippen molar-refractivity contribution < 1.29 is 15.0 Å². The van der Waals surface area contributed by atoms with Crippen LogP contribution in [0.5, 0.6) is 0 Å². The third kappa shape index (κ3) is 6.67. The fourth-order valence-electron chi connectivity index (χ4n) is 4.30. The van der Waals surface area contributed by atoms with Gasteiger partial charge in [-0.05, 0) is 66.0 Å². The van der Waals surface area contributed by atoms with Crippen LogP contribution in [0, 0.1) is 0 Å². The molecule has 0 aromatic heterocycles. The summed E-state index contributed by atoms with van der Waals surface area (Å²) in [6.45, 7) is 3.01. The Hall–Kier alpha value is -3.15. The Kier molecular flexibility index (Phi) is 9.04. The molecule has 3 aromatic rings. The molecule has 0 saturated heterocycles. The van der Waals surface area contributed by atoms with Crippen molar-refractivity contribution in [2.45, 2.75) is 44.7 Å². The molecule has 0 aliphatic carbocycles. The van der Waals surface area contributed by atoms with Crippen molar-refractivity contribution in [3.05, 3.63) is 95.6 Å². The first-order valence-electron chi connectivity index (χ1n) is 11.6. The highest BCUT2D eigenvalue weighted by molar-refractivity contribution is 5.67. The van der Waals surface area contributed by atoms with E-state index in [9.17, 15) is 15.0 Å². The molecule has 174 valence electrons. The van der Waals surface area contributed by atoms with E-state index in [1.54, 1.807) is 0 Å². The average molecular weight is 447 g/mol. The highest BCUT2D eigenvalue weighted by atomic mass is 16.4. The van der Waals surface area contributed by atoms with Gasteiger partial charge in [-0.2, -0.15) is 0 Å². The van der Waals surface area contributed by atoms with Gasteiger partial charge in [0.25, 0.3) is 0 Å². The second-order valence-corrected chi connectivity index (χ2v) is 8.44. The van der Waals surface area contributed by atoms with Crippen molar-refractivity contribution in [1.29, 1.82) is 0 Å². The molecule has 0 saturated carbocycles. The SMILES string of the molecule is C[C@@H](c1ccc(-c2cccc(CN)c2)cc1)N(CC[C@H](CCCO)c1ccccc1)C(=O)O. The maximum atomic E-state index is 12.1. The molecular formula is C28H34N2O3. The van der Waals surface area contributed by atoms with Gasteiger partial charge >= 0.3 is 6.09 Å². The van der Waals surface area contributed by atoms with E-state index in [1.807, 2.05) is 61.5 Å². The standard InChI is InChI=1S/C28H34N2O3/c1-21(23-12-14-26(15-13-23)27-10-5-7-22(19-27)20-29)30(28(32)33)17-16-25(11-6-18-31)24-8-3-2-4-9-24/h2-5,7-10,12-15,19,21,25,31H,6,11,16-18,20,29H2,1H3,(H,32,33)/t21-,25-/m0/s1. The predicted octanol–water partition coefficient (Wildman–Crippen LogP) is 5.80. The van der Waals surface area contributed by atoms with Gasteiger partial charge in [0.05, 0.1) is 6.04 Å². The zero-order valence-corrected chi connectivity index (χ0v) is 19.2. The summed E-state index contributed by atoms with van der Waals surface area (Å²) in [6.07, 6.45) is 1.33. The smallest absolute Gasteiger partial charge is 0.407 e. The first-order valence-corrected chi connectivity index (χ1v) is 11.6. The molecule has 5 nitrogen and oxygen atoms in total. The lowest BCUT2D eigenvalue weighted by Crippen LogP contribution is -2.34. The molecule has 0 aliphatic heterocycles. The van der Waals surface area contributed by atoms with Crippen LogP contribution in [0.15, 0.2) is 78.9 Å². The van der Waals surface area contributed by atoms with E-state index in [2.05, 4.69) is 24.3 Å². The monoisotopic (exact) mass is 446 g/mol. The van der Waals surface area contributed by atoms with E-state index < -0.39 is 6.09 Å². The van der Waals surface area contributed by atoms with Crippen LogP contribution < -0.4 is 5.73 Å². The number of nitrogens with two attached hydrogens (primary N) is 1. The number of benzene rings is 3. The maximum Gasteiger partial charge on any atom is 0.407 e. The number of carboxylic acid groups (broad SMARTS) is 1. The first-order chi connectivity index (χ1) is 16.0. The molecule has 0 radical (unpaired) electrons. The topological polar surface area (TPSA) is 86.8 Å². The van der Waals surface area contributed by atoms with Crippen LogP contribution in [0.3, 0.4) is 0 Å². The van der Waals surface area contributed by atoms with Gasteiger partial charge in [-0.25, -0.2) is 4.79 Å². The number of aliphatic hydroxyl groups is 1. The molecule has 0 fully saturated rings. The first kappa shape index (κ1) is 24.5. The van der Waals surface area contributed by atoms with Crippen molar-refractivity contribution in [3.63, 3.8) is 0 Å². The third-order valence-corrected chi connectivity index (χ3v) is 6.30. The Bertz CT molecular complexity index is 1010.